The molecule has 0 unspecified atom stereocenters. The fourth-order valence-electron chi connectivity index (χ4n) is 14.9. The monoisotopic (exact) mass is 1420 g/mol. The minimum Gasteiger partial charge on any atom is -0.488 e. The molecule has 0 spiro atoms. The number of nitrogens with zero attached hydrogens (tertiary/aromatic N) is 4. The number of hydrogen-bond acceptors (Lipinski definition) is 11. The van der Waals surface area contributed by atoms with Gasteiger partial charge in [0.2, 0.25) is 0 Å². The molecule has 11 heteroatoms. The minimum atomic E-state index is 0.0977. The molecule has 10 aromatic rings. The number of benzene rings is 5. The van der Waals surface area contributed by atoms with Crippen molar-refractivity contribution in [1.82, 2.24) is 17.5 Å². The molecule has 5 heterocycles. The molecule has 0 radical (unpaired) electrons. The van der Waals surface area contributed by atoms with Crippen LogP contribution in [0.25, 0.3) is 95.1 Å². The van der Waals surface area contributed by atoms with Crippen LogP contribution in [0.3, 0.4) is 0 Å². The summed E-state index contributed by atoms with van der Waals surface area (Å²) in [4.78, 5) is 4.84. The number of thiophene rings is 3. The Kier molecular flexibility index (Phi) is 33.9. The van der Waals surface area contributed by atoms with Gasteiger partial charge in [0.1, 0.15) is 33.6 Å². The normalized spacial score (nSPS) is 12.0. The summed E-state index contributed by atoms with van der Waals surface area (Å²) in [5.74, 6) is 2.06. The van der Waals surface area contributed by atoms with Crippen LogP contribution in [0, 0.1) is 0 Å². The smallest absolute Gasteiger partial charge is 0.146 e. The summed E-state index contributed by atoms with van der Waals surface area (Å²) >= 11 is 8.25. The van der Waals surface area contributed by atoms with E-state index >= 15 is 0 Å². The van der Waals surface area contributed by atoms with Crippen molar-refractivity contribution in [3.63, 3.8) is 0 Å². The molecule has 0 atom stereocenters. The Morgan fingerprint density at radius 3 is 0.899 bits per heavy atom. The molecule has 0 saturated carbocycles. The highest BCUT2D eigenvalue weighted by atomic mass is 32.1. The molecule has 0 aliphatic heterocycles. The molecule has 0 bridgehead atoms. The molecule has 10 rings (SSSR count). The highest BCUT2D eigenvalue weighted by Crippen LogP contribution is 2.55. The largest absolute Gasteiger partial charge is 0.488 e. The number of aromatic nitrogens is 4. The zero-order chi connectivity index (χ0) is 68.3. The summed E-state index contributed by atoms with van der Waals surface area (Å²) in [6.45, 7) is 9.29. The molecule has 0 fully saturated rings. The lowest BCUT2D eigenvalue weighted by Gasteiger charge is -2.23. The van der Waals surface area contributed by atoms with Crippen molar-refractivity contribution in [2.45, 2.75) is 322 Å². The van der Waals surface area contributed by atoms with Crippen LogP contribution < -0.4 is 9.47 Å². The second kappa shape index (κ2) is 43.8. The lowest BCUT2D eigenvalue weighted by Crippen LogP contribution is -2.18. The first-order chi connectivity index (χ1) is 49.1. The van der Waals surface area contributed by atoms with Gasteiger partial charge in [0.05, 0.1) is 45.1 Å². The van der Waals surface area contributed by atoms with Crippen LogP contribution in [0.15, 0.2) is 109 Å². The molecule has 0 aliphatic rings. The van der Waals surface area contributed by atoms with Crippen LogP contribution in [-0.2, 0) is 0 Å². The van der Waals surface area contributed by atoms with Crippen molar-refractivity contribution in [3.05, 3.63) is 109 Å². The van der Waals surface area contributed by atoms with Crippen LogP contribution in [0.1, 0.15) is 310 Å². The van der Waals surface area contributed by atoms with Gasteiger partial charge in [0, 0.05) is 52.5 Å². The van der Waals surface area contributed by atoms with Crippen molar-refractivity contribution >= 4 is 99.7 Å². The topological polar surface area (TPSA) is 70.0 Å². The van der Waals surface area contributed by atoms with Crippen molar-refractivity contribution in [1.29, 1.82) is 0 Å². The molecule has 534 valence electrons. The van der Waals surface area contributed by atoms with Gasteiger partial charge >= 0.3 is 0 Å². The van der Waals surface area contributed by atoms with Gasteiger partial charge in [-0.3, -0.25) is 0 Å². The number of ether oxygens (including phenoxy) is 2. The summed E-state index contributed by atoms with van der Waals surface area (Å²) in [5, 5.41) is 2.34. The average Bonchev–Trinajstić information content (AvgIpc) is 1.58. The van der Waals surface area contributed by atoms with Gasteiger partial charge in [-0.05, 0) is 86.8 Å². The van der Waals surface area contributed by atoms with Crippen molar-refractivity contribution in [2.24, 2.45) is 0 Å². The Morgan fingerprint density at radius 2 is 0.556 bits per heavy atom. The third kappa shape index (κ3) is 23.2. The first-order valence-electron chi connectivity index (χ1n) is 40.1. The molecule has 5 aromatic carbocycles. The van der Waals surface area contributed by atoms with Gasteiger partial charge in [-0.15, -0.1) is 34.0 Å². The fourth-order valence-corrected chi connectivity index (χ4v) is 19.5. The van der Waals surface area contributed by atoms with Gasteiger partial charge in [-0.2, -0.15) is 17.5 Å². The summed E-state index contributed by atoms with van der Waals surface area (Å²) in [5.41, 5.74) is 10.8. The number of hydrogen-bond donors (Lipinski definition) is 0. The fraction of sp³-hybridized carbons (Fsp3) is 0.568. The third-order valence-electron chi connectivity index (χ3n) is 20.8. The van der Waals surface area contributed by atoms with Crippen molar-refractivity contribution in [2.75, 3.05) is 0 Å². The third-order valence-corrected chi connectivity index (χ3v) is 25.4. The number of fused-ring (bicyclic) bond motifs is 4. The molecule has 0 N–H and O–H groups in total. The Hall–Kier alpha value is -5.04. The first-order valence-corrected chi connectivity index (χ1v) is 44.1. The summed E-state index contributed by atoms with van der Waals surface area (Å²) < 4.78 is 38.8. The highest BCUT2D eigenvalue weighted by Gasteiger charge is 2.29. The average molecular weight is 1430 g/mol. The van der Waals surface area contributed by atoms with E-state index in [1.165, 1.54) is 326 Å². The lowest BCUT2D eigenvalue weighted by atomic mass is 10.00. The van der Waals surface area contributed by atoms with Crippen LogP contribution in [0.5, 0.6) is 11.5 Å². The Labute approximate surface area is 618 Å². The molecular weight excluding hydrogens is 1310 g/mol. The van der Waals surface area contributed by atoms with E-state index in [2.05, 4.69) is 137 Å². The molecule has 6 nitrogen and oxygen atoms in total. The molecule has 0 saturated heterocycles. The van der Waals surface area contributed by atoms with Crippen molar-refractivity contribution < 1.29 is 9.47 Å². The van der Waals surface area contributed by atoms with E-state index in [0.717, 1.165) is 87.1 Å². The van der Waals surface area contributed by atoms with Crippen LogP contribution in [-0.4, -0.2) is 29.7 Å². The SMILES string of the molecule is CCCCCCCCCCCCC(CCCCCCCCCCCC)Oc1c2cc(-c3ccc(-c4ccc(-c5ccccc5)s4)c4nsnc34)sc2c(OC(CCCCCCCCCCCC)CCCCCCCCCCCC)c2cc(-c3ccc(-c4ccccc4)c4nsnc34)sc12. The predicted molar refractivity (Wildman–Crippen MR) is 439 cm³/mol. The van der Waals surface area contributed by atoms with Crippen molar-refractivity contribution in [3.8, 4) is 64.4 Å². The van der Waals surface area contributed by atoms with Crippen LogP contribution >= 0.6 is 57.5 Å². The van der Waals surface area contributed by atoms with Crippen LogP contribution in [0.4, 0.5) is 0 Å². The van der Waals surface area contributed by atoms with Gasteiger partial charge in [-0.25, -0.2) is 0 Å². The summed E-state index contributed by atoms with van der Waals surface area (Å²) in [6.07, 6.45) is 57.6. The Morgan fingerprint density at radius 1 is 0.273 bits per heavy atom. The molecule has 0 aliphatic carbocycles. The zero-order valence-electron chi connectivity index (χ0n) is 61.3. The quantitative estimate of drug-likeness (QED) is 0.0354. The second-order valence-electron chi connectivity index (χ2n) is 28.9. The van der Waals surface area contributed by atoms with Gasteiger partial charge < -0.3 is 9.47 Å². The molecular formula is C88H120N4O2S5. The van der Waals surface area contributed by atoms with E-state index < -0.39 is 0 Å². The predicted octanol–water partition coefficient (Wildman–Crippen LogP) is 31.3. The molecule has 0 amide bonds. The highest BCUT2D eigenvalue weighted by molar-refractivity contribution is 7.25. The van der Waals surface area contributed by atoms with E-state index in [4.69, 9.17) is 27.0 Å². The Balaban J connectivity index is 1.05. The van der Waals surface area contributed by atoms with Gasteiger partial charge in [-0.1, -0.05) is 344 Å². The van der Waals surface area contributed by atoms with Gasteiger partial charge in [0.15, 0.2) is 0 Å². The van der Waals surface area contributed by atoms with E-state index in [1.54, 1.807) is 0 Å². The summed E-state index contributed by atoms with van der Waals surface area (Å²) in [6, 6.07) is 40.2. The maximum atomic E-state index is 7.99. The first kappa shape index (κ1) is 76.6. The molecule has 99 heavy (non-hydrogen) atoms. The standard InChI is InChI=1S/C88H120N4O2S5/c1-5-9-13-17-21-25-29-33-37-47-55-69(56-48-38-34-30-26-22-18-14-10-6-2)93-85-75-65-79(73-60-59-71(67-51-43-41-44-52-67)81-83(73)91-98-89-81)96-87(75)86(94-70(57-49-39-35-31-27-23-19-15-11-7-3)58-50-40-36-32-28-24-20-16-12-8-4)76-66-80(97-88(76)85)74-62-61-72(82-84(74)92-99-90-82)78-64-63-77(95-78)68-53-45-42-46-54-68/h41-46,51-54,59-66,69-70H,5-40,47-50,55-58H2,1-4H3. The van der Waals surface area contributed by atoms with E-state index in [0.29, 0.717) is 0 Å². The Bertz CT molecular complexity index is 3680. The van der Waals surface area contributed by atoms with Crippen LogP contribution in [0.2, 0.25) is 0 Å². The van der Waals surface area contributed by atoms with E-state index in [9.17, 15) is 0 Å². The van der Waals surface area contributed by atoms with Gasteiger partial charge in [0.25, 0.3) is 0 Å². The zero-order valence-corrected chi connectivity index (χ0v) is 65.4. The molecule has 5 aromatic heterocycles. The minimum absolute atomic E-state index is 0.0977. The van der Waals surface area contributed by atoms with E-state index in [-0.39, 0.29) is 12.2 Å². The maximum Gasteiger partial charge on any atom is 0.146 e. The number of unbranched alkanes of at least 4 members (excludes halogenated alkanes) is 36. The second-order valence-corrected chi connectivity index (χ2v) is 33.1. The maximum absolute atomic E-state index is 7.99. The van der Waals surface area contributed by atoms with E-state index in [1.807, 2.05) is 34.0 Å². The lowest BCUT2D eigenvalue weighted by molar-refractivity contribution is 0.174. The summed E-state index contributed by atoms with van der Waals surface area (Å²) in [7, 11) is 0. The number of rotatable bonds is 53.